The van der Waals surface area contributed by atoms with Gasteiger partial charge in [-0.05, 0) is 19.3 Å². The van der Waals surface area contributed by atoms with Crippen LogP contribution in [0.5, 0.6) is 0 Å². The molecule has 0 saturated heterocycles. The summed E-state index contributed by atoms with van der Waals surface area (Å²) in [6, 6.07) is 0. The first-order chi connectivity index (χ1) is 6.49. The predicted molar refractivity (Wildman–Crippen MR) is 58.8 cm³/mol. The normalized spacial score (nSPS) is 13.2. The van der Waals surface area contributed by atoms with Gasteiger partial charge in [0.05, 0.1) is 11.7 Å². The maximum absolute atomic E-state index is 11.5. The maximum Gasteiger partial charge on any atom is 0.314 e. The van der Waals surface area contributed by atoms with Crippen LogP contribution in [0.25, 0.3) is 0 Å². The quantitative estimate of drug-likeness (QED) is 0.520. The van der Waals surface area contributed by atoms with E-state index in [-0.39, 0.29) is 17.8 Å². The van der Waals surface area contributed by atoms with Gasteiger partial charge < -0.3 is 4.74 Å². The molecule has 1 unspecified atom stereocenters. The molecule has 0 N–H and O–H groups in total. The average molecular weight is 217 g/mol. The van der Waals surface area contributed by atoms with Crippen LogP contribution in [0.3, 0.4) is 0 Å². The zero-order chi connectivity index (χ0) is 11.1. The smallest absolute Gasteiger partial charge is 0.314 e. The van der Waals surface area contributed by atoms with E-state index in [1.807, 2.05) is 13.8 Å². The molecule has 0 spiro atoms. The molecule has 2 nitrogen and oxygen atoms in total. The molecule has 0 aliphatic carbocycles. The van der Waals surface area contributed by atoms with E-state index in [0.717, 1.165) is 0 Å². The van der Waals surface area contributed by atoms with E-state index >= 15 is 0 Å². The van der Waals surface area contributed by atoms with Crippen molar-refractivity contribution in [2.75, 3.05) is 0 Å². The summed E-state index contributed by atoms with van der Waals surface area (Å²) in [6.45, 7) is 9.15. The van der Waals surface area contributed by atoms with Crippen LogP contribution >= 0.6 is 11.6 Å². The lowest BCUT2D eigenvalue weighted by Crippen LogP contribution is -2.21. The lowest BCUT2D eigenvalue weighted by Gasteiger charge is -2.17. The SMILES string of the molecule is C=C(C)OC(=O)C(CC=CCl)C(C)C. The Bertz CT molecular complexity index is 231. The van der Waals surface area contributed by atoms with E-state index in [1.54, 1.807) is 13.0 Å². The van der Waals surface area contributed by atoms with Crippen molar-refractivity contribution in [1.82, 2.24) is 0 Å². The monoisotopic (exact) mass is 216 g/mol. The Balaban J connectivity index is 4.33. The van der Waals surface area contributed by atoms with Crippen molar-refractivity contribution in [3.05, 3.63) is 23.9 Å². The maximum atomic E-state index is 11.5. The highest BCUT2D eigenvalue weighted by Crippen LogP contribution is 2.19. The minimum atomic E-state index is -0.234. The number of carbonyl (C=O) groups is 1. The van der Waals surface area contributed by atoms with E-state index in [1.165, 1.54) is 5.54 Å². The van der Waals surface area contributed by atoms with Gasteiger partial charge in [0.25, 0.3) is 0 Å². The zero-order valence-corrected chi connectivity index (χ0v) is 9.67. The Labute approximate surface area is 90.6 Å². The molecule has 0 aromatic carbocycles. The van der Waals surface area contributed by atoms with E-state index in [4.69, 9.17) is 16.3 Å². The first kappa shape index (κ1) is 13.2. The summed E-state index contributed by atoms with van der Waals surface area (Å²) in [5, 5.41) is 0. The van der Waals surface area contributed by atoms with Crippen molar-refractivity contribution in [1.29, 1.82) is 0 Å². The first-order valence-electron chi connectivity index (χ1n) is 4.61. The van der Waals surface area contributed by atoms with Crippen LogP contribution in [0.4, 0.5) is 0 Å². The number of hydrogen-bond donors (Lipinski definition) is 0. The number of esters is 1. The molecular weight excluding hydrogens is 200 g/mol. The Morgan fingerprint density at radius 2 is 2.14 bits per heavy atom. The van der Waals surface area contributed by atoms with Gasteiger partial charge in [0.2, 0.25) is 0 Å². The minimum Gasteiger partial charge on any atom is -0.432 e. The van der Waals surface area contributed by atoms with Crippen molar-refractivity contribution in [2.45, 2.75) is 27.2 Å². The molecule has 0 rings (SSSR count). The van der Waals surface area contributed by atoms with Gasteiger partial charge >= 0.3 is 5.97 Å². The Morgan fingerprint density at radius 1 is 1.57 bits per heavy atom. The molecule has 3 heteroatoms. The number of ether oxygens (including phenoxy) is 1. The van der Waals surface area contributed by atoms with Crippen LogP contribution in [0.15, 0.2) is 23.9 Å². The Hall–Kier alpha value is -0.760. The lowest BCUT2D eigenvalue weighted by molar-refractivity contribution is -0.145. The lowest BCUT2D eigenvalue weighted by atomic mass is 9.93. The average Bonchev–Trinajstić information content (AvgIpc) is 2.02. The third-order valence-corrected chi connectivity index (χ3v) is 2.04. The molecule has 0 heterocycles. The zero-order valence-electron chi connectivity index (χ0n) is 8.92. The number of rotatable bonds is 5. The van der Waals surface area contributed by atoms with Crippen LogP contribution in [0.2, 0.25) is 0 Å². The first-order valence-corrected chi connectivity index (χ1v) is 5.05. The van der Waals surface area contributed by atoms with Crippen molar-refractivity contribution < 1.29 is 9.53 Å². The third-order valence-electron chi connectivity index (χ3n) is 1.86. The fourth-order valence-corrected chi connectivity index (χ4v) is 1.19. The minimum absolute atomic E-state index is 0.151. The van der Waals surface area contributed by atoms with Crippen LogP contribution in [0.1, 0.15) is 27.2 Å². The van der Waals surface area contributed by atoms with Crippen molar-refractivity contribution in [3.8, 4) is 0 Å². The second-order valence-corrected chi connectivity index (χ2v) is 3.82. The molecule has 1 atom stereocenters. The van der Waals surface area contributed by atoms with Gasteiger partial charge in [-0.25, -0.2) is 0 Å². The number of hydrogen-bond acceptors (Lipinski definition) is 2. The fraction of sp³-hybridized carbons (Fsp3) is 0.545. The molecule has 0 aliphatic rings. The summed E-state index contributed by atoms with van der Waals surface area (Å²) in [7, 11) is 0. The topological polar surface area (TPSA) is 26.3 Å². The molecule has 0 saturated carbocycles. The van der Waals surface area contributed by atoms with Crippen molar-refractivity contribution in [2.24, 2.45) is 11.8 Å². The second-order valence-electron chi connectivity index (χ2n) is 3.57. The summed E-state index contributed by atoms with van der Waals surface area (Å²) in [4.78, 5) is 11.5. The highest BCUT2D eigenvalue weighted by molar-refractivity contribution is 6.25. The molecule has 0 aromatic rings. The molecule has 0 bridgehead atoms. The van der Waals surface area contributed by atoms with Gasteiger partial charge in [0.1, 0.15) is 0 Å². The molecule has 0 aromatic heterocycles. The number of halogens is 1. The molecule has 0 aliphatic heterocycles. The van der Waals surface area contributed by atoms with Crippen molar-refractivity contribution in [3.63, 3.8) is 0 Å². The highest BCUT2D eigenvalue weighted by Gasteiger charge is 2.22. The Kier molecular flexibility index (Phi) is 6.30. The molecule has 14 heavy (non-hydrogen) atoms. The van der Waals surface area contributed by atoms with E-state index in [0.29, 0.717) is 12.2 Å². The predicted octanol–water partition coefficient (Wildman–Crippen LogP) is 3.48. The molecule has 0 fully saturated rings. The van der Waals surface area contributed by atoms with Crippen LogP contribution in [-0.2, 0) is 9.53 Å². The molecule has 0 amide bonds. The van der Waals surface area contributed by atoms with Gasteiger partial charge in [-0.3, -0.25) is 4.79 Å². The summed E-state index contributed by atoms with van der Waals surface area (Å²) in [5.74, 6) is 0.272. The summed E-state index contributed by atoms with van der Waals surface area (Å²) < 4.78 is 4.96. The van der Waals surface area contributed by atoms with Gasteiger partial charge in [-0.2, -0.15) is 0 Å². The van der Waals surface area contributed by atoms with Crippen LogP contribution in [0, 0.1) is 11.8 Å². The Morgan fingerprint density at radius 3 is 2.50 bits per heavy atom. The molecule has 0 radical (unpaired) electrons. The number of allylic oxidation sites excluding steroid dienone is 2. The van der Waals surface area contributed by atoms with Crippen molar-refractivity contribution >= 4 is 17.6 Å². The summed E-state index contributed by atoms with van der Waals surface area (Å²) >= 11 is 5.41. The van der Waals surface area contributed by atoms with Gasteiger partial charge in [-0.15, -0.1) is 0 Å². The largest absolute Gasteiger partial charge is 0.432 e. The number of carbonyl (C=O) groups excluding carboxylic acids is 1. The second kappa shape index (κ2) is 6.66. The van der Waals surface area contributed by atoms with Gasteiger partial charge in [0.15, 0.2) is 0 Å². The summed E-state index contributed by atoms with van der Waals surface area (Å²) in [6.07, 6.45) is 2.36. The standard InChI is InChI=1S/C11H17ClO2/c1-8(2)10(6-5-7-12)11(13)14-9(3)4/h5,7-8,10H,3,6H2,1-2,4H3. The van der Waals surface area contributed by atoms with E-state index in [9.17, 15) is 4.79 Å². The van der Waals surface area contributed by atoms with Crippen LogP contribution < -0.4 is 0 Å². The third kappa shape index (κ3) is 5.07. The molecular formula is C11H17ClO2. The highest BCUT2D eigenvalue weighted by atomic mass is 35.5. The van der Waals surface area contributed by atoms with Gasteiger partial charge in [-0.1, -0.05) is 38.1 Å². The molecule has 80 valence electrons. The van der Waals surface area contributed by atoms with Gasteiger partial charge in [0, 0.05) is 5.54 Å². The fourth-order valence-electron chi connectivity index (χ4n) is 1.09. The van der Waals surface area contributed by atoms with E-state index in [2.05, 4.69) is 6.58 Å². The van der Waals surface area contributed by atoms with E-state index < -0.39 is 0 Å². The van der Waals surface area contributed by atoms with Crippen LogP contribution in [-0.4, -0.2) is 5.97 Å². The summed E-state index contributed by atoms with van der Waals surface area (Å²) in [5.41, 5.74) is 1.42.